The van der Waals surface area contributed by atoms with Gasteiger partial charge in [-0.05, 0) is 18.6 Å². The summed E-state index contributed by atoms with van der Waals surface area (Å²) in [7, 11) is 0. The number of unbranched alkanes of at least 4 members (excludes halogenated alkanes) is 5. The van der Waals surface area contributed by atoms with Gasteiger partial charge in [-0.3, -0.25) is 4.68 Å². The Morgan fingerprint density at radius 1 is 0.886 bits per heavy atom. The molecule has 3 heterocycles. The Kier molecular flexibility index (Phi) is 7.89. The number of fused-ring (bicyclic) bond motifs is 1. The van der Waals surface area contributed by atoms with E-state index in [9.17, 15) is 13.2 Å². The monoisotopic (exact) mass is 484 g/mol. The molecule has 4 aromatic rings. The predicted molar refractivity (Wildman–Crippen MR) is 126 cm³/mol. The van der Waals surface area contributed by atoms with E-state index in [1.165, 1.54) is 31.7 Å². The van der Waals surface area contributed by atoms with Crippen LogP contribution in [0.3, 0.4) is 0 Å². The molecule has 0 N–H and O–H groups in total. The van der Waals surface area contributed by atoms with Gasteiger partial charge in [0.1, 0.15) is 18.0 Å². The first-order chi connectivity index (χ1) is 16.9. The minimum absolute atomic E-state index is 0.0673. The van der Waals surface area contributed by atoms with Gasteiger partial charge < -0.3 is 4.74 Å². The minimum atomic E-state index is -4.58. The lowest BCUT2D eigenvalue weighted by Crippen LogP contribution is -2.09. The molecule has 3 aromatic heterocycles. The van der Waals surface area contributed by atoms with Gasteiger partial charge in [-0.15, -0.1) is 5.10 Å². The Morgan fingerprint density at radius 2 is 1.66 bits per heavy atom. The number of hydrogen-bond acceptors (Lipinski definition) is 6. The van der Waals surface area contributed by atoms with Gasteiger partial charge in [0.05, 0.1) is 11.6 Å². The van der Waals surface area contributed by atoms with Crippen molar-refractivity contribution >= 4 is 11.0 Å². The highest BCUT2D eigenvalue weighted by molar-refractivity contribution is 5.82. The summed E-state index contributed by atoms with van der Waals surface area (Å²) in [5, 5.41) is 8.58. The van der Waals surface area contributed by atoms with Gasteiger partial charge in [-0.25, -0.2) is 9.97 Å². The van der Waals surface area contributed by atoms with E-state index in [0.717, 1.165) is 25.5 Å². The summed E-state index contributed by atoms with van der Waals surface area (Å²) in [4.78, 5) is 12.5. The van der Waals surface area contributed by atoms with Crippen LogP contribution in [0.25, 0.3) is 22.4 Å². The van der Waals surface area contributed by atoms with Crippen LogP contribution in [0.4, 0.5) is 13.2 Å². The molecule has 0 spiro atoms. The summed E-state index contributed by atoms with van der Waals surface area (Å²) in [5.41, 5.74) is 0.133. The number of alkyl halides is 3. The second kappa shape index (κ2) is 11.2. The van der Waals surface area contributed by atoms with Gasteiger partial charge in [0.25, 0.3) is 0 Å². The third kappa shape index (κ3) is 6.52. The number of pyridine rings is 1. The van der Waals surface area contributed by atoms with Gasteiger partial charge in [0.15, 0.2) is 11.5 Å². The van der Waals surface area contributed by atoms with Crippen molar-refractivity contribution in [1.82, 2.24) is 29.9 Å². The molecular formula is C25H27F3N6O. The van der Waals surface area contributed by atoms with Gasteiger partial charge in [0.2, 0.25) is 5.88 Å². The number of aryl methyl sites for hydroxylation is 1. The molecule has 0 aliphatic rings. The normalized spacial score (nSPS) is 11.8. The molecule has 0 amide bonds. The molecular weight excluding hydrogens is 457 g/mol. The molecule has 7 nitrogen and oxygen atoms in total. The van der Waals surface area contributed by atoms with Crippen LogP contribution in [0.2, 0.25) is 0 Å². The molecule has 10 heteroatoms. The summed E-state index contributed by atoms with van der Waals surface area (Å²) in [6, 6.07) is 11.1. The topological polar surface area (TPSA) is 78.6 Å². The zero-order chi connectivity index (χ0) is 24.7. The molecule has 0 bridgehead atoms. The van der Waals surface area contributed by atoms with Gasteiger partial charge >= 0.3 is 6.18 Å². The highest BCUT2D eigenvalue weighted by Crippen LogP contribution is 2.32. The highest BCUT2D eigenvalue weighted by Gasteiger charge is 2.33. The van der Waals surface area contributed by atoms with Crippen molar-refractivity contribution in [2.75, 3.05) is 0 Å². The molecule has 0 radical (unpaired) electrons. The van der Waals surface area contributed by atoms with E-state index in [0.29, 0.717) is 11.3 Å². The molecule has 4 rings (SSSR count). The van der Waals surface area contributed by atoms with E-state index in [4.69, 9.17) is 4.74 Å². The summed E-state index contributed by atoms with van der Waals surface area (Å²) >= 11 is 0. The molecule has 184 valence electrons. The van der Waals surface area contributed by atoms with Crippen molar-refractivity contribution in [3.63, 3.8) is 0 Å². The number of aromatic nitrogens is 6. The lowest BCUT2D eigenvalue weighted by Gasteiger charge is -2.11. The number of rotatable bonds is 11. The van der Waals surface area contributed by atoms with E-state index in [2.05, 4.69) is 32.2 Å². The first-order valence-corrected chi connectivity index (χ1v) is 11.8. The Balaban J connectivity index is 1.51. The molecule has 35 heavy (non-hydrogen) atoms. The van der Waals surface area contributed by atoms with E-state index in [1.54, 1.807) is 28.9 Å². The molecule has 0 saturated heterocycles. The van der Waals surface area contributed by atoms with Crippen LogP contribution in [-0.4, -0.2) is 29.9 Å². The highest BCUT2D eigenvalue weighted by atomic mass is 19.4. The number of benzene rings is 1. The number of hydrogen-bond donors (Lipinski definition) is 0. The maximum absolute atomic E-state index is 13.2. The van der Waals surface area contributed by atoms with Gasteiger partial charge in [-0.1, -0.05) is 74.6 Å². The van der Waals surface area contributed by atoms with Crippen LogP contribution in [-0.2, 0) is 19.3 Å². The number of halogens is 3. The predicted octanol–water partition coefficient (Wildman–Crippen LogP) is 6.24. The van der Waals surface area contributed by atoms with Crippen molar-refractivity contribution in [1.29, 1.82) is 0 Å². The van der Waals surface area contributed by atoms with Crippen molar-refractivity contribution in [2.45, 2.75) is 64.8 Å². The Morgan fingerprint density at radius 3 is 2.43 bits per heavy atom. The summed E-state index contributed by atoms with van der Waals surface area (Å²) < 4.78 is 47.3. The smallest absolute Gasteiger partial charge is 0.433 e. The maximum atomic E-state index is 13.2. The molecule has 0 atom stereocenters. The molecule has 0 fully saturated rings. The summed E-state index contributed by atoms with van der Waals surface area (Å²) in [5.74, 6) is 0.368. The zero-order valence-electron chi connectivity index (χ0n) is 19.5. The maximum Gasteiger partial charge on any atom is 0.433 e. The molecule has 1 aromatic carbocycles. The van der Waals surface area contributed by atoms with Crippen molar-refractivity contribution in [2.24, 2.45) is 0 Å². The quantitative estimate of drug-likeness (QED) is 0.235. The van der Waals surface area contributed by atoms with E-state index >= 15 is 0 Å². The number of ether oxygens (including phenoxy) is 1. The SMILES string of the molecule is CCCCCCCCn1cc(COc2nc(-c3ccccc3)nc3nc(C(F)(F)F)ccc23)nn1. The molecule has 0 unspecified atom stereocenters. The largest absolute Gasteiger partial charge is 0.470 e. The van der Waals surface area contributed by atoms with Crippen LogP contribution in [0.1, 0.15) is 56.8 Å². The average molecular weight is 485 g/mol. The van der Waals surface area contributed by atoms with Crippen LogP contribution >= 0.6 is 0 Å². The van der Waals surface area contributed by atoms with E-state index in [-0.39, 0.29) is 29.3 Å². The van der Waals surface area contributed by atoms with Crippen LogP contribution in [0.15, 0.2) is 48.7 Å². The van der Waals surface area contributed by atoms with Crippen LogP contribution in [0.5, 0.6) is 5.88 Å². The third-order valence-electron chi connectivity index (χ3n) is 5.53. The lowest BCUT2D eigenvalue weighted by molar-refractivity contribution is -0.141. The summed E-state index contributed by atoms with van der Waals surface area (Å²) in [6.45, 7) is 3.04. The number of nitrogens with zero attached hydrogens (tertiary/aromatic N) is 6. The Bertz CT molecular complexity index is 1240. The fourth-order valence-corrected chi connectivity index (χ4v) is 3.68. The van der Waals surface area contributed by atoms with Gasteiger partial charge in [0, 0.05) is 12.1 Å². The minimum Gasteiger partial charge on any atom is -0.470 e. The average Bonchev–Trinajstić information content (AvgIpc) is 3.32. The summed E-state index contributed by atoms with van der Waals surface area (Å²) in [6.07, 6.45) is 4.36. The Labute approximate surface area is 201 Å². The van der Waals surface area contributed by atoms with E-state index < -0.39 is 11.9 Å². The van der Waals surface area contributed by atoms with Gasteiger partial charge in [-0.2, -0.15) is 18.2 Å². The second-order valence-electron chi connectivity index (χ2n) is 8.31. The second-order valence-corrected chi connectivity index (χ2v) is 8.31. The molecule has 0 aliphatic heterocycles. The van der Waals surface area contributed by atoms with Crippen LogP contribution in [0, 0.1) is 0 Å². The first kappa shape index (κ1) is 24.6. The van der Waals surface area contributed by atoms with E-state index in [1.807, 2.05) is 12.3 Å². The third-order valence-corrected chi connectivity index (χ3v) is 5.53. The van der Waals surface area contributed by atoms with Crippen molar-refractivity contribution in [3.05, 3.63) is 60.0 Å². The van der Waals surface area contributed by atoms with Crippen molar-refractivity contribution in [3.8, 4) is 17.3 Å². The fourth-order valence-electron chi connectivity index (χ4n) is 3.68. The zero-order valence-corrected chi connectivity index (χ0v) is 19.5. The Hall–Kier alpha value is -3.56. The van der Waals surface area contributed by atoms with Crippen molar-refractivity contribution < 1.29 is 17.9 Å². The molecule has 0 aliphatic carbocycles. The fraction of sp³-hybridized carbons (Fsp3) is 0.400. The first-order valence-electron chi connectivity index (χ1n) is 11.8. The lowest BCUT2D eigenvalue weighted by atomic mass is 10.1. The molecule has 0 saturated carbocycles. The van der Waals surface area contributed by atoms with Crippen LogP contribution < -0.4 is 4.74 Å². The standard InChI is InChI=1S/C25H27F3N6O/c1-2-3-4-5-6-10-15-34-16-19(32-33-34)17-35-24-20-13-14-21(25(26,27)28)29-23(20)30-22(31-24)18-11-8-7-9-12-18/h7-9,11-14,16H,2-6,10,15,17H2,1H3.